The lowest BCUT2D eigenvalue weighted by atomic mass is 10.3. The molecular weight excluding hydrogens is 234 g/mol. The van der Waals surface area contributed by atoms with Crippen molar-refractivity contribution in [1.82, 2.24) is 5.32 Å². The number of para-hydroxylation sites is 1. The summed E-state index contributed by atoms with van der Waals surface area (Å²) in [6.45, 7) is 1.51. The first-order chi connectivity index (χ1) is 8.83. The third-order valence-electron chi connectivity index (χ3n) is 2.15. The maximum absolute atomic E-state index is 11.4. The Balaban J connectivity index is 2.00. The molecule has 0 saturated carbocycles. The zero-order valence-corrected chi connectivity index (χ0v) is 10.3. The number of ether oxygens (including phenoxy) is 2. The van der Waals surface area contributed by atoms with E-state index in [0.717, 1.165) is 5.75 Å². The highest BCUT2D eigenvalue weighted by atomic mass is 16.5. The van der Waals surface area contributed by atoms with E-state index in [0.29, 0.717) is 32.8 Å². The van der Waals surface area contributed by atoms with Crippen molar-refractivity contribution in [2.45, 2.75) is 6.42 Å². The minimum absolute atomic E-state index is 0.00113. The molecule has 0 heterocycles. The lowest BCUT2D eigenvalue weighted by Crippen LogP contribution is -2.28. The summed E-state index contributed by atoms with van der Waals surface area (Å²) in [5.74, 6) is 0.690. The van der Waals surface area contributed by atoms with Crippen molar-refractivity contribution >= 4 is 5.91 Å². The van der Waals surface area contributed by atoms with Gasteiger partial charge in [0.2, 0.25) is 5.91 Å². The van der Waals surface area contributed by atoms with Gasteiger partial charge in [-0.1, -0.05) is 18.2 Å². The Labute approximate surface area is 107 Å². The molecule has 0 aromatic heterocycles. The monoisotopic (exact) mass is 253 g/mol. The Hall–Kier alpha value is -1.59. The van der Waals surface area contributed by atoms with Crippen LogP contribution in [0.25, 0.3) is 0 Å². The summed E-state index contributed by atoms with van der Waals surface area (Å²) in [6, 6.07) is 9.37. The van der Waals surface area contributed by atoms with Crippen LogP contribution in [0.15, 0.2) is 30.3 Å². The van der Waals surface area contributed by atoms with Crippen LogP contribution in [-0.2, 0) is 9.53 Å². The molecule has 5 heteroatoms. The number of benzene rings is 1. The Kier molecular flexibility index (Phi) is 7.59. The molecule has 5 nitrogen and oxygen atoms in total. The fourth-order valence-corrected chi connectivity index (χ4v) is 1.30. The van der Waals surface area contributed by atoms with Crippen molar-refractivity contribution < 1.29 is 19.4 Å². The van der Waals surface area contributed by atoms with Crippen molar-refractivity contribution in [2.75, 3.05) is 33.0 Å². The molecule has 1 aromatic rings. The quantitative estimate of drug-likeness (QED) is 0.632. The molecule has 0 radical (unpaired) electrons. The van der Waals surface area contributed by atoms with Crippen molar-refractivity contribution in [3.63, 3.8) is 0 Å². The number of carbonyl (C=O) groups excluding carboxylic acids is 1. The lowest BCUT2D eigenvalue weighted by Gasteiger charge is -2.07. The smallest absolute Gasteiger partial charge is 0.223 e. The molecule has 1 amide bonds. The normalized spacial score (nSPS) is 10.1. The first-order valence-electron chi connectivity index (χ1n) is 5.96. The molecule has 0 aliphatic carbocycles. The molecule has 1 rings (SSSR count). The van der Waals surface area contributed by atoms with E-state index in [9.17, 15) is 4.79 Å². The van der Waals surface area contributed by atoms with E-state index < -0.39 is 0 Å². The van der Waals surface area contributed by atoms with Crippen LogP contribution in [0.5, 0.6) is 5.75 Å². The van der Waals surface area contributed by atoms with E-state index in [4.69, 9.17) is 14.6 Å². The van der Waals surface area contributed by atoms with Crippen LogP contribution in [0.4, 0.5) is 0 Å². The van der Waals surface area contributed by atoms with Gasteiger partial charge in [-0.15, -0.1) is 0 Å². The molecule has 0 bridgehead atoms. The minimum atomic E-state index is -0.0708. The van der Waals surface area contributed by atoms with Gasteiger partial charge in [0, 0.05) is 6.54 Å². The van der Waals surface area contributed by atoms with E-state index in [-0.39, 0.29) is 12.5 Å². The molecule has 1 aromatic carbocycles. The van der Waals surface area contributed by atoms with Crippen molar-refractivity contribution in [2.24, 2.45) is 0 Å². The summed E-state index contributed by atoms with van der Waals surface area (Å²) in [5.41, 5.74) is 0. The SMILES string of the molecule is O=C(CCOc1ccccc1)NCCOCCO. The highest BCUT2D eigenvalue weighted by molar-refractivity contribution is 5.75. The molecule has 0 atom stereocenters. The van der Waals surface area contributed by atoms with Crippen molar-refractivity contribution in [1.29, 1.82) is 0 Å². The van der Waals surface area contributed by atoms with Crippen LogP contribution in [0.3, 0.4) is 0 Å². The van der Waals surface area contributed by atoms with E-state index in [1.165, 1.54) is 0 Å². The first kappa shape index (κ1) is 14.5. The fraction of sp³-hybridized carbons (Fsp3) is 0.462. The van der Waals surface area contributed by atoms with Gasteiger partial charge in [-0.3, -0.25) is 4.79 Å². The van der Waals surface area contributed by atoms with Crippen molar-refractivity contribution in [3.05, 3.63) is 30.3 Å². The van der Waals surface area contributed by atoms with Gasteiger partial charge in [0.25, 0.3) is 0 Å². The first-order valence-corrected chi connectivity index (χ1v) is 5.96. The third kappa shape index (κ3) is 6.88. The third-order valence-corrected chi connectivity index (χ3v) is 2.15. The molecule has 0 fully saturated rings. The molecular formula is C13H19NO4. The van der Waals surface area contributed by atoms with E-state index in [1.54, 1.807) is 0 Å². The second-order valence-electron chi connectivity index (χ2n) is 3.60. The predicted octanol–water partition coefficient (Wildman–Crippen LogP) is 0.581. The molecule has 2 N–H and O–H groups in total. The van der Waals surface area contributed by atoms with Gasteiger partial charge >= 0.3 is 0 Å². The number of aliphatic hydroxyl groups excluding tert-OH is 1. The van der Waals surface area contributed by atoms with Crippen LogP contribution in [-0.4, -0.2) is 44.0 Å². The standard InChI is InChI=1S/C13H19NO4/c15-8-11-17-10-7-14-13(16)6-9-18-12-4-2-1-3-5-12/h1-5,15H,6-11H2,(H,14,16). The maximum Gasteiger partial charge on any atom is 0.223 e. The molecule has 18 heavy (non-hydrogen) atoms. The largest absolute Gasteiger partial charge is 0.493 e. The number of carbonyl (C=O) groups is 1. The van der Waals surface area contributed by atoms with Crippen LogP contribution < -0.4 is 10.1 Å². The van der Waals surface area contributed by atoms with Gasteiger partial charge in [0.15, 0.2) is 0 Å². The number of hydrogen-bond donors (Lipinski definition) is 2. The zero-order chi connectivity index (χ0) is 13.1. The average molecular weight is 253 g/mol. The van der Waals surface area contributed by atoms with Crippen LogP contribution in [0.2, 0.25) is 0 Å². The molecule has 0 unspecified atom stereocenters. The number of rotatable bonds is 9. The Morgan fingerprint density at radius 3 is 2.67 bits per heavy atom. The molecule has 0 spiro atoms. The summed E-state index contributed by atoms with van der Waals surface area (Å²) in [4.78, 5) is 11.4. The fourth-order valence-electron chi connectivity index (χ4n) is 1.30. The molecule has 0 aliphatic rings. The van der Waals surface area contributed by atoms with Gasteiger partial charge in [-0.25, -0.2) is 0 Å². The summed E-state index contributed by atoms with van der Waals surface area (Å²) in [5, 5.41) is 11.2. The Morgan fingerprint density at radius 1 is 1.17 bits per heavy atom. The average Bonchev–Trinajstić information content (AvgIpc) is 2.40. The topological polar surface area (TPSA) is 67.8 Å². The highest BCUT2D eigenvalue weighted by Crippen LogP contribution is 2.08. The van der Waals surface area contributed by atoms with Crippen molar-refractivity contribution in [3.8, 4) is 5.75 Å². The number of aliphatic hydroxyl groups is 1. The van der Waals surface area contributed by atoms with Crippen LogP contribution in [0, 0.1) is 0 Å². The zero-order valence-electron chi connectivity index (χ0n) is 10.3. The van der Waals surface area contributed by atoms with Gasteiger partial charge in [0.05, 0.1) is 32.8 Å². The maximum atomic E-state index is 11.4. The lowest BCUT2D eigenvalue weighted by molar-refractivity contribution is -0.121. The van der Waals surface area contributed by atoms with Crippen LogP contribution in [0.1, 0.15) is 6.42 Å². The van der Waals surface area contributed by atoms with Gasteiger partial charge in [-0.2, -0.15) is 0 Å². The number of hydrogen-bond acceptors (Lipinski definition) is 4. The molecule has 0 aliphatic heterocycles. The molecule has 100 valence electrons. The number of nitrogens with one attached hydrogen (secondary N) is 1. The summed E-state index contributed by atoms with van der Waals surface area (Å²) >= 11 is 0. The van der Waals surface area contributed by atoms with Gasteiger partial charge < -0.3 is 19.9 Å². The van der Waals surface area contributed by atoms with Gasteiger partial charge in [0.1, 0.15) is 5.75 Å². The summed E-state index contributed by atoms with van der Waals surface area (Å²) < 4.78 is 10.4. The highest BCUT2D eigenvalue weighted by Gasteiger charge is 2.01. The minimum Gasteiger partial charge on any atom is -0.493 e. The van der Waals surface area contributed by atoms with Crippen LogP contribution >= 0.6 is 0 Å². The predicted molar refractivity (Wildman–Crippen MR) is 67.5 cm³/mol. The molecule has 0 saturated heterocycles. The van der Waals surface area contributed by atoms with Gasteiger partial charge in [-0.05, 0) is 12.1 Å². The van der Waals surface area contributed by atoms with E-state index >= 15 is 0 Å². The Morgan fingerprint density at radius 2 is 1.94 bits per heavy atom. The second kappa shape index (κ2) is 9.44. The van der Waals surface area contributed by atoms with E-state index in [1.807, 2.05) is 30.3 Å². The number of amides is 1. The summed E-state index contributed by atoms with van der Waals surface area (Å²) in [7, 11) is 0. The Bertz CT molecular complexity index is 329. The summed E-state index contributed by atoms with van der Waals surface area (Å²) in [6.07, 6.45) is 0.314. The second-order valence-corrected chi connectivity index (χ2v) is 3.60. The van der Waals surface area contributed by atoms with E-state index in [2.05, 4.69) is 5.32 Å².